The molecule has 1 amide bonds. The van der Waals surface area contributed by atoms with Gasteiger partial charge in [-0.2, -0.15) is 0 Å². The van der Waals surface area contributed by atoms with Gasteiger partial charge in [-0.1, -0.05) is 27.7 Å². The molecule has 0 aliphatic carbocycles. The molecule has 0 saturated heterocycles. The zero-order chi connectivity index (χ0) is 14.2. The van der Waals surface area contributed by atoms with Gasteiger partial charge in [0.2, 0.25) is 5.91 Å². The van der Waals surface area contributed by atoms with E-state index < -0.39 is 0 Å². The molecule has 0 aliphatic rings. The molecule has 2 N–H and O–H groups in total. The van der Waals surface area contributed by atoms with Gasteiger partial charge in [-0.15, -0.1) is 0 Å². The number of carbonyl (C=O) groups excluding carboxylic acids is 1. The number of nitrogens with one attached hydrogen (secondary N) is 2. The molecular weight excluding hydrogens is 226 g/mol. The number of hydrogen-bond acceptors (Lipinski definition) is 3. The SMILES string of the molecule is CC(C)CCNC(=O)CNCC(C)(C)CN(C)C. The van der Waals surface area contributed by atoms with Gasteiger partial charge in [0.05, 0.1) is 6.54 Å². The summed E-state index contributed by atoms with van der Waals surface area (Å²) >= 11 is 0. The van der Waals surface area contributed by atoms with Crippen LogP contribution in [0.2, 0.25) is 0 Å². The fraction of sp³-hybridized carbons (Fsp3) is 0.929. The van der Waals surface area contributed by atoms with Crippen LogP contribution in [-0.4, -0.2) is 51.1 Å². The number of carbonyl (C=O) groups is 1. The van der Waals surface area contributed by atoms with Gasteiger partial charge in [0.1, 0.15) is 0 Å². The molecular formula is C14H31N3O. The molecule has 0 aromatic rings. The van der Waals surface area contributed by atoms with Crippen LogP contribution in [0.25, 0.3) is 0 Å². The maximum Gasteiger partial charge on any atom is 0.233 e. The van der Waals surface area contributed by atoms with E-state index in [1.807, 2.05) is 0 Å². The van der Waals surface area contributed by atoms with Crippen LogP contribution in [0.15, 0.2) is 0 Å². The lowest BCUT2D eigenvalue weighted by molar-refractivity contribution is -0.120. The molecule has 108 valence electrons. The predicted molar refractivity (Wildman–Crippen MR) is 77.7 cm³/mol. The van der Waals surface area contributed by atoms with Crippen molar-refractivity contribution in [3.63, 3.8) is 0 Å². The van der Waals surface area contributed by atoms with Crippen molar-refractivity contribution in [3.05, 3.63) is 0 Å². The van der Waals surface area contributed by atoms with Gasteiger partial charge in [-0.3, -0.25) is 4.79 Å². The molecule has 18 heavy (non-hydrogen) atoms. The number of rotatable bonds is 9. The molecule has 0 aromatic carbocycles. The van der Waals surface area contributed by atoms with Crippen LogP contribution in [0, 0.1) is 11.3 Å². The average molecular weight is 257 g/mol. The molecule has 0 spiro atoms. The Bertz CT molecular complexity index is 237. The standard InChI is InChI=1S/C14H31N3O/c1-12(2)7-8-16-13(18)9-15-10-14(3,4)11-17(5)6/h12,15H,7-11H2,1-6H3,(H,16,18). The molecule has 0 saturated carbocycles. The number of hydrogen-bond donors (Lipinski definition) is 2. The largest absolute Gasteiger partial charge is 0.355 e. The van der Waals surface area contributed by atoms with Crippen LogP contribution < -0.4 is 10.6 Å². The van der Waals surface area contributed by atoms with Gasteiger partial charge in [-0.25, -0.2) is 0 Å². The van der Waals surface area contributed by atoms with E-state index in [1.165, 1.54) is 0 Å². The third-order valence-corrected chi connectivity index (χ3v) is 2.68. The Morgan fingerprint density at radius 3 is 2.39 bits per heavy atom. The molecule has 0 unspecified atom stereocenters. The third kappa shape index (κ3) is 10.5. The van der Waals surface area contributed by atoms with Gasteiger partial charge in [-0.05, 0) is 31.8 Å². The Kier molecular flexibility index (Phi) is 8.20. The molecule has 0 radical (unpaired) electrons. The highest BCUT2D eigenvalue weighted by Crippen LogP contribution is 2.13. The average Bonchev–Trinajstić information content (AvgIpc) is 2.14. The van der Waals surface area contributed by atoms with E-state index in [9.17, 15) is 4.79 Å². The quantitative estimate of drug-likeness (QED) is 0.655. The van der Waals surface area contributed by atoms with Crippen LogP contribution in [0.4, 0.5) is 0 Å². The molecule has 0 aromatic heterocycles. The van der Waals surface area contributed by atoms with E-state index in [0.29, 0.717) is 12.5 Å². The normalized spacial score (nSPS) is 12.2. The minimum Gasteiger partial charge on any atom is -0.355 e. The van der Waals surface area contributed by atoms with Crippen molar-refractivity contribution in [2.75, 3.05) is 40.3 Å². The minimum absolute atomic E-state index is 0.0938. The molecule has 0 aliphatic heterocycles. The first kappa shape index (κ1) is 17.4. The fourth-order valence-corrected chi connectivity index (χ4v) is 1.99. The molecule has 4 heteroatoms. The van der Waals surface area contributed by atoms with E-state index in [4.69, 9.17) is 0 Å². The molecule has 0 fully saturated rings. The third-order valence-electron chi connectivity index (χ3n) is 2.68. The van der Waals surface area contributed by atoms with E-state index in [0.717, 1.165) is 26.1 Å². The second-order valence-electron chi connectivity index (χ2n) is 6.54. The number of amides is 1. The van der Waals surface area contributed by atoms with Gasteiger partial charge >= 0.3 is 0 Å². The highest BCUT2D eigenvalue weighted by Gasteiger charge is 2.18. The van der Waals surface area contributed by atoms with Crippen molar-refractivity contribution < 1.29 is 4.79 Å². The van der Waals surface area contributed by atoms with Crippen molar-refractivity contribution in [3.8, 4) is 0 Å². The Balaban J connectivity index is 3.67. The first-order valence-electron chi connectivity index (χ1n) is 6.85. The van der Waals surface area contributed by atoms with Crippen LogP contribution in [0.3, 0.4) is 0 Å². The summed E-state index contributed by atoms with van der Waals surface area (Å²) in [6.07, 6.45) is 1.04. The lowest BCUT2D eigenvalue weighted by Gasteiger charge is -2.28. The van der Waals surface area contributed by atoms with Gasteiger partial charge < -0.3 is 15.5 Å². The fourth-order valence-electron chi connectivity index (χ4n) is 1.99. The summed E-state index contributed by atoms with van der Waals surface area (Å²) < 4.78 is 0. The van der Waals surface area contributed by atoms with Crippen LogP contribution in [0.5, 0.6) is 0 Å². The van der Waals surface area contributed by atoms with Gasteiger partial charge in [0.15, 0.2) is 0 Å². The lowest BCUT2D eigenvalue weighted by Crippen LogP contribution is -2.42. The van der Waals surface area contributed by atoms with Crippen molar-refractivity contribution in [1.29, 1.82) is 0 Å². The van der Waals surface area contributed by atoms with Crippen molar-refractivity contribution in [2.24, 2.45) is 11.3 Å². The smallest absolute Gasteiger partial charge is 0.233 e. The molecule has 4 nitrogen and oxygen atoms in total. The number of nitrogens with zero attached hydrogens (tertiary/aromatic N) is 1. The second kappa shape index (κ2) is 8.48. The summed E-state index contributed by atoms with van der Waals surface area (Å²) in [4.78, 5) is 13.7. The summed E-state index contributed by atoms with van der Waals surface area (Å²) in [5, 5.41) is 6.16. The Morgan fingerprint density at radius 1 is 1.28 bits per heavy atom. The van der Waals surface area contributed by atoms with Gasteiger partial charge in [0.25, 0.3) is 0 Å². The Labute approximate surface area is 113 Å². The molecule has 0 atom stereocenters. The van der Waals surface area contributed by atoms with Crippen molar-refractivity contribution >= 4 is 5.91 Å². The first-order valence-corrected chi connectivity index (χ1v) is 6.85. The van der Waals surface area contributed by atoms with Crippen LogP contribution in [-0.2, 0) is 4.79 Å². The summed E-state index contributed by atoms with van der Waals surface area (Å²) in [6.45, 7) is 11.8. The summed E-state index contributed by atoms with van der Waals surface area (Å²) in [7, 11) is 4.14. The monoisotopic (exact) mass is 257 g/mol. The van der Waals surface area contributed by atoms with Crippen LogP contribution in [0.1, 0.15) is 34.1 Å². The van der Waals surface area contributed by atoms with E-state index in [-0.39, 0.29) is 11.3 Å². The van der Waals surface area contributed by atoms with E-state index in [1.54, 1.807) is 0 Å². The minimum atomic E-state index is 0.0938. The maximum absolute atomic E-state index is 11.5. The summed E-state index contributed by atoms with van der Waals surface area (Å²) in [6, 6.07) is 0. The zero-order valence-corrected chi connectivity index (χ0v) is 13.0. The lowest BCUT2D eigenvalue weighted by atomic mass is 9.93. The summed E-state index contributed by atoms with van der Waals surface area (Å²) in [5.41, 5.74) is 0.182. The van der Waals surface area contributed by atoms with Gasteiger partial charge in [0, 0.05) is 19.6 Å². The highest BCUT2D eigenvalue weighted by molar-refractivity contribution is 5.77. The Hall–Kier alpha value is -0.610. The predicted octanol–water partition coefficient (Wildman–Crippen LogP) is 1.33. The molecule has 0 bridgehead atoms. The maximum atomic E-state index is 11.5. The molecule has 0 rings (SSSR count). The van der Waals surface area contributed by atoms with Crippen molar-refractivity contribution in [1.82, 2.24) is 15.5 Å². The van der Waals surface area contributed by atoms with Crippen molar-refractivity contribution in [2.45, 2.75) is 34.1 Å². The highest BCUT2D eigenvalue weighted by atomic mass is 16.1. The first-order chi connectivity index (χ1) is 8.23. The van der Waals surface area contributed by atoms with Crippen LogP contribution >= 0.6 is 0 Å². The topological polar surface area (TPSA) is 44.4 Å². The zero-order valence-electron chi connectivity index (χ0n) is 13.0. The Morgan fingerprint density at radius 2 is 1.89 bits per heavy atom. The molecule has 0 heterocycles. The summed E-state index contributed by atoms with van der Waals surface area (Å²) in [5.74, 6) is 0.730. The van der Waals surface area contributed by atoms with E-state index >= 15 is 0 Å². The van der Waals surface area contributed by atoms with E-state index in [2.05, 4.69) is 57.3 Å². The second-order valence-corrected chi connectivity index (χ2v) is 6.54.